The molecule has 0 fully saturated rings. The van der Waals surface area contributed by atoms with Crippen LogP contribution in [0, 0.1) is 0 Å². The van der Waals surface area contributed by atoms with E-state index in [0.717, 1.165) is 11.3 Å². The molecule has 2 aromatic heterocycles. The molecule has 0 radical (unpaired) electrons. The molecule has 23 heavy (non-hydrogen) atoms. The number of hydrogen-bond acceptors (Lipinski definition) is 6. The monoisotopic (exact) mass is 310 g/mol. The van der Waals surface area contributed by atoms with Crippen LogP contribution in [-0.2, 0) is 11.3 Å². The second kappa shape index (κ2) is 6.74. The van der Waals surface area contributed by atoms with Crippen LogP contribution >= 0.6 is 0 Å². The Kier molecular flexibility index (Phi) is 4.33. The summed E-state index contributed by atoms with van der Waals surface area (Å²) in [5.74, 6) is 0.798. The van der Waals surface area contributed by atoms with E-state index in [1.54, 1.807) is 31.4 Å². The highest BCUT2D eigenvalue weighted by molar-refractivity contribution is 5.87. The first kappa shape index (κ1) is 14.8. The third-order valence-electron chi connectivity index (χ3n) is 3.14. The van der Waals surface area contributed by atoms with Crippen LogP contribution in [0.2, 0.25) is 0 Å². The maximum atomic E-state index is 11.8. The molecule has 0 bridgehead atoms. The summed E-state index contributed by atoms with van der Waals surface area (Å²) in [7, 11) is 1.60. The van der Waals surface area contributed by atoms with Crippen molar-refractivity contribution < 1.29 is 18.8 Å². The average molecular weight is 310 g/mol. The Morgan fingerprint density at radius 3 is 2.87 bits per heavy atom. The summed E-state index contributed by atoms with van der Waals surface area (Å²) in [5.41, 5.74) is 1.61. The van der Waals surface area contributed by atoms with Gasteiger partial charge in [-0.3, -0.25) is 0 Å². The summed E-state index contributed by atoms with van der Waals surface area (Å²) < 4.78 is 15.6. The number of pyridine rings is 1. The van der Waals surface area contributed by atoms with Crippen molar-refractivity contribution in [3.05, 3.63) is 66.1 Å². The van der Waals surface area contributed by atoms with Gasteiger partial charge < -0.3 is 14.0 Å². The number of rotatable bonds is 5. The molecule has 0 aliphatic rings. The number of methoxy groups -OCH3 is 1. The molecule has 0 atom stereocenters. The normalized spacial score (nSPS) is 10.3. The van der Waals surface area contributed by atoms with Gasteiger partial charge in [0.25, 0.3) is 0 Å². The summed E-state index contributed by atoms with van der Waals surface area (Å²) in [4.78, 5) is 15.7. The van der Waals surface area contributed by atoms with Gasteiger partial charge in [-0.25, -0.2) is 9.78 Å². The molecule has 1 aromatic carbocycles. The minimum Gasteiger partial charge on any atom is -0.497 e. The molecule has 3 rings (SSSR count). The predicted molar refractivity (Wildman–Crippen MR) is 81.8 cm³/mol. The lowest BCUT2D eigenvalue weighted by molar-refractivity contribution is 0.0457. The highest BCUT2D eigenvalue weighted by Crippen LogP contribution is 2.24. The molecule has 0 saturated carbocycles. The second-order valence-electron chi connectivity index (χ2n) is 4.71. The van der Waals surface area contributed by atoms with Crippen molar-refractivity contribution >= 4 is 5.97 Å². The van der Waals surface area contributed by atoms with Crippen molar-refractivity contribution in [3.8, 4) is 17.1 Å². The highest BCUT2D eigenvalue weighted by Gasteiger charge is 2.12. The smallest absolute Gasteiger partial charge is 0.357 e. The number of carbonyl (C=O) groups is 1. The zero-order chi connectivity index (χ0) is 16.1. The summed E-state index contributed by atoms with van der Waals surface area (Å²) in [6.45, 7) is 0.0167. The van der Waals surface area contributed by atoms with Crippen molar-refractivity contribution in [2.45, 2.75) is 6.61 Å². The van der Waals surface area contributed by atoms with E-state index in [9.17, 15) is 4.79 Å². The van der Waals surface area contributed by atoms with Crippen LogP contribution < -0.4 is 4.74 Å². The first-order chi connectivity index (χ1) is 11.3. The van der Waals surface area contributed by atoms with E-state index in [4.69, 9.17) is 14.0 Å². The molecule has 3 aromatic rings. The van der Waals surface area contributed by atoms with Gasteiger partial charge in [-0.05, 0) is 24.3 Å². The Labute approximate surface area is 132 Å². The van der Waals surface area contributed by atoms with Gasteiger partial charge in [0.2, 0.25) is 0 Å². The van der Waals surface area contributed by atoms with Crippen LogP contribution in [0.1, 0.15) is 16.2 Å². The van der Waals surface area contributed by atoms with E-state index in [1.165, 1.54) is 6.20 Å². The summed E-state index contributed by atoms with van der Waals surface area (Å²) in [6, 6.07) is 14.2. The zero-order valence-electron chi connectivity index (χ0n) is 12.4. The van der Waals surface area contributed by atoms with Gasteiger partial charge >= 0.3 is 5.97 Å². The fourth-order valence-corrected chi connectivity index (χ4v) is 1.99. The van der Waals surface area contributed by atoms with E-state index in [-0.39, 0.29) is 12.3 Å². The van der Waals surface area contributed by atoms with Crippen LogP contribution in [-0.4, -0.2) is 23.2 Å². The lowest BCUT2D eigenvalue weighted by Gasteiger charge is -2.01. The van der Waals surface area contributed by atoms with E-state index in [2.05, 4.69) is 10.1 Å². The number of esters is 1. The van der Waals surface area contributed by atoms with Gasteiger partial charge in [-0.2, -0.15) is 0 Å². The van der Waals surface area contributed by atoms with Crippen molar-refractivity contribution in [3.63, 3.8) is 0 Å². The Morgan fingerprint density at radius 1 is 1.17 bits per heavy atom. The minimum absolute atomic E-state index is 0.0167. The summed E-state index contributed by atoms with van der Waals surface area (Å²) >= 11 is 0. The molecule has 0 amide bonds. The largest absolute Gasteiger partial charge is 0.497 e. The molecule has 116 valence electrons. The van der Waals surface area contributed by atoms with Crippen LogP contribution in [0.25, 0.3) is 11.3 Å². The predicted octanol–water partition coefficient (Wildman–Crippen LogP) is 3.10. The van der Waals surface area contributed by atoms with E-state index < -0.39 is 5.97 Å². The Bertz CT molecular complexity index is 799. The van der Waals surface area contributed by atoms with Gasteiger partial charge in [0.1, 0.15) is 23.7 Å². The zero-order valence-corrected chi connectivity index (χ0v) is 12.4. The summed E-state index contributed by atoms with van der Waals surface area (Å²) in [5, 5.41) is 3.90. The van der Waals surface area contributed by atoms with Crippen LogP contribution in [0.5, 0.6) is 5.75 Å². The number of ether oxygens (including phenoxy) is 2. The van der Waals surface area contributed by atoms with Crippen molar-refractivity contribution in [2.24, 2.45) is 0 Å². The van der Waals surface area contributed by atoms with Gasteiger partial charge in [0, 0.05) is 17.8 Å². The van der Waals surface area contributed by atoms with Crippen molar-refractivity contribution in [1.29, 1.82) is 0 Å². The minimum atomic E-state index is -0.503. The molecule has 0 unspecified atom stereocenters. The van der Waals surface area contributed by atoms with Crippen LogP contribution in [0.4, 0.5) is 0 Å². The molecule has 0 N–H and O–H groups in total. The molecule has 6 nitrogen and oxygen atoms in total. The Morgan fingerprint density at radius 2 is 2.09 bits per heavy atom. The summed E-state index contributed by atoms with van der Waals surface area (Å²) in [6.07, 6.45) is 1.54. The molecule has 6 heteroatoms. The third kappa shape index (κ3) is 3.55. The van der Waals surface area contributed by atoms with Gasteiger partial charge in [-0.15, -0.1) is 0 Å². The average Bonchev–Trinajstić information content (AvgIpc) is 3.09. The standard InChI is InChI=1S/C17H14N2O4/c1-21-14-6-4-5-12(9-14)16-10-13(19-23-16)11-22-17(20)15-7-2-3-8-18-15/h2-10H,11H2,1H3. The van der Waals surface area contributed by atoms with Crippen molar-refractivity contribution in [2.75, 3.05) is 7.11 Å². The number of nitrogens with zero attached hydrogens (tertiary/aromatic N) is 2. The van der Waals surface area contributed by atoms with Gasteiger partial charge in [-0.1, -0.05) is 23.4 Å². The number of aromatic nitrogens is 2. The molecule has 0 aliphatic carbocycles. The molecule has 0 spiro atoms. The highest BCUT2D eigenvalue weighted by atomic mass is 16.5. The van der Waals surface area contributed by atoms with E-state index in [1.807, 2.05) is 24.3 Å². The maximum Gasteiger partial charge on any atom is 0.357 e. The van der Waals surface area contributed by atoms with Crippen LogP contribution in [0.15, 0.2) is 59.3 Å². The second-order valence-corrected chi connectivity index (χ2v) is 4.71. The molecule has 0 saturated heterocycles. The van der Waals surface area contributed by atoms with E-state index in [0.29, 0.717) is 11.5 Å². The van der Waals surface area contributed by atoms with Crippen LogP contribution in [0.3, 0.4) is 0 Å². The molecule has 2 heterocycles. The first-order valence-corrected chi connectivity index (χ1v) is 6.94. The lowest BCUT2D eigenvalue weighted by atomic mass is 10.1. The topological polar surface area (TPSA) is 74.5 Å². The number of carbonyl (C=O) groups excluding carboxylic acids is 1. The molecule has 0 aliphatic heterocycles. The third-order valence-corrected chi connectivity index (χ3v) is 3.14. The Hall–Kier alpha value is -3.15. The fourth-order valence-electron chi connectivity index (χ4n) is 1.99. The molecular weight excluding hydrogens is 296 g/mol. The fraction of sp³-hybridized carbons (Fsp3) is 0.118. The first-order valence-electron chi connectivity index (χ1n) is 6.94. The van der Waals surface area contributed by atoms with Crippen molar-refractivity contribution in [1.82, 2.24) is 10.1 Å². The number of benzene rings is 1. The van der Waals surface area contributed by atoms with E-state index >= 15 is 0 Å². The molecular formula is C17H14N2O4. The quantitative estimate of drug-likeness (QED) is 0.674. The number of hydrogen-bond donors (Lipinski definition) is 0. The maximum absolute atomic E-state index is 11.8. The van der Waals surface area contributed by atoms with Gasteiger partial charge in [0.15, 0.2) is 5.76 Å². The lowest BCUT2D eigenvalue weighted by Crippen LogP contribution is -2.06. The van der Waals surface area contributed by atoms with Gasteiger partial charge in [0.05, 0.1) is 7.11 Å². The Balaban J connectivity index is 1.66. The SMILES string of the molecule is COc1cccc(-c2cc(COC(=O)c3ccccn3)no2)c1.